The van der Waals surface area contributed by atoms with Crippen LogP contribution < -0.4 is 20.1 Å². The smallest absolute Gasteiger partial charge is 0.407 e. The third-order valence-corrected chi connectivity index (χ3v) is 14.5. The lowest BCUT2D eigenvalue weighted by molar-refractivity contribution is -0.142. The standard InChI is InChI=1S/C46H56FN5O9S/c1-27-16-20-35(30-13-11-14-32(24-30)59-4)48-37(41-40(27)34-25-31(47)17-21-39(34)61-41)22-29-23-38-42(53)50-46(3,44(55)51-62(57,58)33-18-19-33)28(2)12-9-7-6-8-10-15-36(49-45(56)60-5)43(54)52(38)26-29/h9,11-14,17,20-21,24-25,27-29,33,36,38H,6-8,10,15-16,18-19,22-23,26H2,1-5H3,(H,49,56)(H,50,53)(H,51,55)/b12-9?,35-20+,48-37?. The molecule has 6 unspecified atom stereocenters. The highest BCUT2D eigenvalue weighted by Crippen LogP contribution is 2.40. The molecule has 0 radical (unpaired) electrons. The van der Waals surface area contributed by atoms with Gasteiger partial charge < -0.3 is 29.4 Å². The first-order valence-electron chi connectivity index (χ1n) is 21.5. The first-order valence-corrected chi connectivity index (χ1v) is 23.0. The normalized spacial score (nSPS) is 27.2. The fourth-order valence-corrected chi connectivity index (χ4v) is 10.1. The maximum Gasteiger partial charge on any atom is 0.407 e. The maximum absolute atomic E-state index is 14.8. The quantitative estimate of drug-likeness (QED) is 0.203. The van der Waals surface area contributed by atoms with Gasteiger partial charge in [-0.3, -0.25) is 19.1 Å². The summed E-state index contributed by atoms with van der Waals surface area (Å²) in [5.74, 6) is -2.46. The zero-order chi connectivity index (χ0) is 44.3. The molecule has 62 heavy (non-hydrogen) atoms. The largest absolute Gasteiger partial charge is 0.497 e. The summed E-state index contributed by atoms with van der Waals surface area (Å²) in [6.07, 6.45) is 9.80. The molecule has 3 aliphatic heterocycles. The van der Waals surface area contributed by atoms with Crippen LogP contribution in [0, 0.1) is 17.7 Å². The molecule has 0 spiro atoms. The van der Waals surface area contributed by atoms with Crippen LogP contribution >= 0.6 is 0 Å². The predicted molar refractivity (Wildman–Crippen MR) is 232 cm³/mol. The maximum atomic E-state index is 14.8. The van der Waals surface area contributed by atoms with E-state index in [0.29, 0.717) is 72.4 Å². The van der Waals surface area contributed by atoms with E-state index < -0.39 is 74.4 Å². The average Bonchev–Trinajstić information content (AvgIpc) is 3.94. The summed E-state index contributed by atoms with van der Waals surface area (Å²) in [5, 5.41) is 5.55. The van der Waals surface area contributed by atoms with E-state index in [1.165, 1.54) is 31.1 Å². The van der Waals surface area contributed by atoms with Crippen LogP contribution in [0.15, 0.2) is 70.1 Å². The Hall–Kier alpha value is -5.51. The number of carbonyl (C=O) groups excluding carboxylic acids is 4. The van der Waals surface area contributed by atoms with Crippen molar-refractivity contribution in [2.45, 2.75) is 114 Å². The number of rotatable bonds is 8. The summed E-state index contributed by atoms with van der Waals surface area (Å²) in [6, 6.07) is 9.78. The molecule has 332 valence electrons. The van der Waals surface area contributed by atoms with Gasteiger partial charge in [0.05, 0.1) is 30.9 Å². The summed E-state index contributed by atoms with van der Waals surface area (Å²) >= 11 is 0. The summed E-state index contributed by atoms with van der Waals surface area (Å²) in [5.41, 5.74) is 1.56. The lowest BCUT2D eigenvalue weighted by atomic mass is 9.85. The lowest BCUT2D eigenvalue weighted by Gasteiger charge is -2.36. The third kappa shape index (κ3) is 9.59. The number of carbonyl (C=O) groups is 4. The molecule has 6 atom stereocenters. The number of aliphatic imine (C=N–C) groups is 1. The molecule has 7 rings (SSSR count). The van der Waals surface area contributed by atoms with Crippen molar-refractivity contribution >= 4 is 56.2 Å². The SMILES string of the molecule is COC(=O)NC1CCCCCC=CC(C)C(C)(C(=O)NS(=O)(=O)C2CC2)NC(=O)C2CC(CC3=N/C(c4cccc(OC)c4)=C/CC(C)c4c3oc3ccc(F)cc43)CN2C1=O. The van der Waals surface area contributed by atoms with Gasteiger partial charge in [0.2, 0.25) is 21.8 Å². The highest BCUT2D eigenvalue weighted by Gasteiger charge is 2.49. The molecule has 1 saturated heterocycles. The number of sulfonamides is 1. The number of amides is 4. The molecule has 4 heterocycles. The first kappa shape index (κ1) is 44.5. The Bertz CT molecular complexity index is 2420. The zero-order valence-corrected chi connectivity index (χ0v) is 36.7. The number of furan rings is 1. The molecule has 1 saturated carbocycles. The van der Waals surface area contributed by atoms with Crippen molar-refractivity contribution in [1.82, 2.24) is 20.3 Å². The summed E-state index contributed by atoms with van der Waals surface area (Å²) in [4.78, 5) is 62.9. The van der Waals surface area contributed by atoms with Crippen molar-refractivity contribution in [1.29, 1.82) is 0 Å². The molecule has 4 aliphatic rings. The van der Waals surface area contributed by atoms with Gasteiger partial charge in [0.25, 0.3) is 5.91 Å². The highest BCUT2D eigenvalue weighted by molar-refractivity contribution is 7.91. The fourth-order valence-electron chi connectivity index (χ4n) is 8.73. The van der Waals surface area contributed by atoms with E-state index in [0.717, 1.165) is 24.0 Å². The van der Waals surface area contributed by atoms with Gasteiger partial charge in [-0.1, -0.05) is 57.0 Å². The molecule has 0 bridgehead atoms. The topological polar surface area (TPSA) is 186 Å². The third-order valence-electron chi connectivity index (χ3n) is 12.7. The Labute approximate surface area is 361 Å². The lowest BCUT2D eigenvalue weighted by Crippen LogP contribution is -2.64. The molecule has 3 N–H and O–H groups in total. The van der Waals surface area contributed by atoms with E-state index in [-0.39, 0.29) is 25.3 Å². The van der Waals surface area contributed by atoms with Gasteiger partial charge in [0.15, 0.2) is 5.76 Å². The molecule has 14 nitrogen and oxygen atoms in total. The highest BCUT2D eigenvalue weighted by atomic mass is 32.2. The second-order valence-corrected chi connectivity index (χ2v) is 19.2. The minimum absolute atomic E-state index is 0.0711. The Kier molecular flexibility index (Phi) is 13.3. The summed E-state index contributed by atoms with van der Waals surface area (Å²) in [6.45, 7) is 5.36. The number of allylic oxidation sites excluding steroid dienone is 2. The van der Waals surface area contributed by atoms with Gasteiger partial charge in [0.1, 0.15) is 34.8 Å². The molecule has 1 aliphatic carbocycles. The number of hydrogen-bond donors (Lipinski definition) is 3. The average molecular weight is 874 g/mol. The van der Waals surface area contributed by atoms with Crippen LogP contribution in [0.25, 0.3) is 16.7 Å². The van der Waals surface area contributed by atoms with Crippen LogP contribution in [0.3, 0.4) is 0 Å². The molecular formula is C46H56FN5O9S. The number of ether oxygens (including phenoxy) is 2. The molecule has 2 aromatic carbocycles. The Morgan fingerprint density at radius 3 is 2.60 bits per heavy atom. The van der Waals surface area contributed by atoms with Gasteiger partial charge in [-0.05, 0) is 100 Å². The van der Waals surface area contributed by atoms with Crippen LogP contribution in [0.1, 0.15) is 108 Å². The zero-order valence-electron chi connectivity index (χ0n) is 35.9. The summed E-state index contributed by atoms with van der Waals surface area (Å²) in [7, 11) is -1.18. The molecule has 16 heteroatoms. The minimum Gasteiger partial charge on any atom is -0.497 e. The number of benzene rings is 2. The van der Waals surface area contributed by atoms with Crippen molar-refractivity contribution in [2.75, 3.05) is 20.8 Å². The molecule has 2 fully saturated rings. The van der Waals surface area contributed by atoms with Gasteiger partial charge in [-0.15, -0.1) is 0 Å². The van der Waals surface area contributed by atoms with E-state index in [2.05, 4.69) is 15.4 Å². The molecule has 3 aromatic rings. The molecule has 1 aromatic heterocycles. The van der Waals surface area contributed by atoms with E-state index >= 15 is 0 Å². The number of halogens is 1. The Balaban J connectivity index is 1.29. The number of nitrogens with zero attached hydrogens (tertiary/aromatic N) is 2. The van der Waals surface area contributed by atoms with Crippen LogP contribution in [0.4, 0.5) is 9.18 Å². The van der Waals surface area contributed by atoms with Gasteiger partial charge >= 0.3 is 6.09 Å². The predicted octanol–water partition coefficient (Wildman–Crippen LogP) is 6.89. The number of nitrogens with one attached hydrogen (secondary N) is 3. The van der Waals surface area contributed by atoms with E-state index in [1.807, 2.05) is 49.4 Å². The van der Waals surface area contributed by atoms with Crippen LogP contribution in [-0.2, 0) is 29.1 Å². The van der Waals surface area contributed by atoms with Crippen molar-refractivity contribution < 1.29 is 45.9 Å². The van der Waals surface area contributed by atoms with Crippen LogP contribution in [-0.4, -0.2) is 86.5 Å². The first-order chi connectivity index (χ1) is 29.6. The van der Waals surface area contributed by atoms with Crippen molar-refractivity contribution in [3.05, 3.63) is 83.4 Å². The van der Waals surface area contributed by atoms with Crippen molar-refractivity contribution in [2.24, 2.45) is 16.8 Å². The second kappa shape index (κ2) is 18.5. The van der Waals surface area contributed by atoms with Crippen LogP contribution in [0.2, 0.25) is 0 Å². The van der Waals surface area contributed by atoms with Crippen LogP contribution in [0.5, 0.6) is 5.75 Å². The number of alkyl carbamates (subject to hydrolysis) is 1. The van der Waals surface area contributed by atoms with Gasteiger partial charge in [-0.25, -0.2) is 22.6 Å². The van der Waals surface area contributed by atoms with E-state index in [4.69, 9.17) is 18.9 Å². The number of hydrogen-bond acceptors (Lipinski definition) is 10. The van der Waals surface area contributed by atoms with E-state index in [1.54, 1.807) is 20.1 Å². The molecule has 4 amide bonds. The number of methoxy groups -OCH3 is 2. The minimum atomic E-state index is -3.97. The molecular weight excluding hydrogens is 818 g/mol. The summed E-state index contributed by atoms with van der Waals surface area (Å²) < 4.78 is 60.1. The fraction of sp³-hybridized carbons (Fsp3) is 0.500. The van der Waals surface area contributed by atoms with Crippen molar-refractivity contribution in [3.63, 3.8) is 0 Å². The second-order valence-electron chi connectivity index (χ2n) is 17.2. The number of fused-ring (bicyclic) bond motifs is 4. The van der Waals surface area contributed by atoms with Gasteiger partial charge in [0, 0.05) is 29.0 Å². The van der Waals surface area contributed by atoms with E-state index in [9.17, 15) is 32.0 Å². The van der Waals surface area contributed by atoms with Gasteiger partial charge in [-0.2, -0.15) is 0 Å². The monoisotopic (exact) mass is 873 g/mol. The Morgan fingerprint density at radius 2 is 1.85 bits per heavy atom. The Morgan fingerprint density at radius 1 is 1.06 bits per heavy atom. The van der Waals surface area contributed by atoms with Crippen molar-refractivity contribution in [3.8, 4) is 5.75 Å².